The predicted octanol–water partition coefficient (Wildman–Crippen LogP) is 3.72. The van der Waals surface area contributed by atoms with Gasteiger partial charge >= 0.3 is 0 Å². The van der Waals surface area contributed by atoms with Crippen molar-refractivity contribution in [3.8, 4) is 0 Å². The van der Waals surface area contributed by atoms with Crippen LogP contribution in [0, 0.1) is 5.82 Å². The number of thiophene rings is 1. The van der Waals surface area contributed by atoms with E-state index >= 15 is 0 Å². The van der Waals surface area contributed by atoms with Crippen molar-refractivity contribution in [3.63, 3.8) is 0 Å². The van der Waals surface area contributed by atoms with Crippen LogP contribution in [0.1, 0.15) is 36.0 Å². The molecule has 2 aromatic carbocycles. The van der Waals surface area contributed by atoms with E-state index in [4.69, 9.17) is 0 Å². The topological polar surface area (TPSA) is 57.7 Å². The zero-order chi connectivity index (χ0) is 21.1. The predicted molar refractivity (Wildman–Crippen MR) is 112 cm³/mol. The van der Waals surface area contributed by atoms with Gasteiger partial charge in [0.2, 0.25) is 5.78 Å². The molecule has 1 aliphatic heterocycles. The van der Waals surface area contributed by atoms with Gasteiger partial charge in [0.1, 0.15) is 5.82 Å². The van der Waals surface area contributed by atoms with Crippen molar-refractivity contribution in [2.24, 2.45) is 0 Å². The highest BCUT2D eigenvalue weighted by molar-refractivity contribution is 7.12. The fourth-order valence-corrected chi connectivity index (χ4v) is 4.14. The lowest BCUT2D eigenvalue weighted by Gasteiger charge is -2.35. The summed E-state index contributed by atoms with van der Waals surface area (Å²) in [6.45, 7) is 1.49. The van der Waals surface area contributed by atoms with E-state index < -0.39 is 5.82 Å². The van der Waals surface area contributed by atoms with Gasteiger partial charge < -0.3 is 9.80 Å². The minimum Gasteiger partial charge on any atom is -0.335 e. The summed E-state index contributed by atoms with van der Waals surface area (Å²) < 4.78 is 13.1. The lowest BCUT2D eigenvalue weighted by atomic mass is 10.0. The zero-order valence-corrected chi connectivity index (χ0v) is 16.9. The van der Waals surface area contributed by atoms with Crippen molar-refractivity contribution >= 4 is 28.9 Å². The van der Waals surface area contributed by atoms with Crippen molar-refractivity contribution < 1.29 is 18.8 Å². The van der Waals surface area contributed by atoms with Gasteiger partial charge in [0, 0.05) is 37.3 Å². The molecule has 0 unspecified atom stereocenters. The summed E-state index contributed by atoms with van der Waals surface area (Å²) >= 11 is 1.34. The molecule has 0 atom stereocenters. The Morgan fingerprint density at radius 1 is 0.733 bits per heavy atom. The molecule has 4 rings (SSSR count). The minimum atomic E-state index is -0.391. The first-order chi connectivity index (χ1) is 14.5. The Morgan fingerprint density at radius 3 is 1.93 bits per heavy atom. The van der Waals surface area contributed by atoms with Crippen LogP contribution in [0.2, 0.25) is 0 Å². The van der Waals surface area contributed by atoms with Gasteiger partial charge in [-0.25, -0.2) is 4.39 Å². The SMILES string of the molecule is O=C(c1cccs1)c1ccccc1C(=O)N1CCN(C(=O)c2ccc(F)cc2)CC1. The highest BCUT2D eigenvalue weighted by Gasteiger charge is 2.28. The molecule has 30 heavy (non-hydrogen) atoms. The lowest BCUT2D eigenvalue weighted by molar-refractivity contribution is 0.0534. The lowest BCUT2D eigenvalue weighted by Crippen LogP contribution is -2.50. The van der Waals surface area contributed by atoms with Gasteiger partial charge in [0.05, 0.1) is 10.4 Å². The van der Waals surface area contributed by atoms with Gasteiger partial charge in [-0.3, -0.25) is 14.4 Å². The maximum atomic E-state index is 13.1. The molecule has 2 amide bonds. The molecule has 0 bridgehead atoms. The summed E-state index contributed by atoms with van der Waals surface area (Å²) in [5.41, 5.74) is 1.17. The minimum absolute atomic E-state index is 0.168. The van der Waals surface area contributed by atoms with E-state index in [0.29, 0.717) is 47.7 Å². The van der Waals surface area contributed by atoms with Crippen molar-refractivity contribution in [2.75, 3.05) is 26.2 Å². The van der Waals surface area contributed by atoms with E-state index in [1.165, 1.54) is 35.6 Å². The van der Waals surface area contributed by atoms with Gasteiger partial charge in [-0.2, -0.15) is 0 Å². The second-order valence-corrected chi connectivity index (χ2v) is 7.89. The Bertz CT molecular complexity index is 1070. The summed E-state index contributed by atoms with van der Waals surface area (Å²) in [6.07, 6.45) is 0. The van der Waals surface area contributed by atoms with Crippen molar-refractivity contribution in [1.82, 2.24) is 9.80 Å². The first-order valence-corrected chi connectivity index (χ1v) is 10.4. The third-order valence-corrected chi connectivity index (χ3v) is 5.96. The Morgan fingerprint density at radius 2 is 1.33 bits per heavy atom. The van der Waals surface area contributed by atoms with Crippen molar-refractivity contribution in [1.29, 1.82) is 0 Å². The Balaban J connectivity index is 1.46. The van der Waals surface area contributed by atoms with E-state index in [2.05, 4.69) is 0 Å². The summed E-state index contributed by atoms with van der Waals surface area (Å²) in [6, 6.07) is 15.8. The first-order valence-electron chi connectivity index (χ1n) is 9.56. The number of nitrogens with zero attached hydrogens (tertiary/aromatic N) is 2. The molecule has 2 heterocycles. The van der Waals surface area contributed by atoms with E-state index in [9.17, 15) is 18.8 Å². The molecular weight excluding hydrogens is 403 g/mol. The normalized spacial score (nSPS) is 13.9. The molecule has 0 radical (unpaired) electrons. The first kappa shape index (κ1) is 20.0. The molecule has 1 fully saturated rings. The van der Waals surface area contributed by atoms with Crippen molar-refractivity contribution in [3.05, 3.63) is 93.4 Å². The number of carbonyl (C=O) groups excluding carboxylic acids is 3. The second-order valence-electron chi connectivity index (χ2n) is 6.94. The maximum Gasteiger partial charge on any atom is 0.254 e. The van der Waals surface area contributed by atoms with Crippen LogP contribution in [0.25, 0.3) is 0 Å². The number of piperazine rings is 1. The number of ketones is 1. The number of halogens is 1. The average molecular weight is 422 g/mol. The molecule has 0 aliphatic carbocycles. The highest BCUT2D eigenvalue weighted by Crippen LogP contribution is 2.20. The van der Waals surface area contributed by atoms with Crippen LogP contribution in [0.5, 0.6) is 0 Å². The molecule has 1 aliphatic rings. The summed E-state index contributed by atoms with van der Waals surface area (Å²) in [5, 5.41) is 1.83. The summed E-state index contributed by atoms with van der Waals surface area (Å²) in [4.78, 5) is 42.4. The smallest absolute Gasteiger partial charge is 0.254 e. The van der Waals surface area contributed by atoms with Crippen LogP contribution >= 0.6 is 11.3 Å². The van der Waals surface area contributed by atoms with Crippen LogP contribution in [-0.2, 0) is 0 Å². The molecule has 3 aromatic rings. The largest absolute Gasteiger partial charge is 0.335 e. The number of hydrogen-bond donors (Lipinski definition) is 0. The summed E-state index contributed by atoms with van der Waals surface area (Å²) in [5.74, 6) is -0.962. The molecule has 0 saturated carbocycles. The van der Waals surface area contributed by atoms with Gasteiger partial charge in [-0.15, -0.1) is 11.3 Å². The highest BCUT2D eigenvalue weighted by atomic mass is 32.1. The van der Waals surface area contributed by atoms with E-state index in [1.807, 2.05) is 5.38 Å². The van der Waals surface area contributed by atoms with Gasteiger partial charge in [-0.1, -0.05) is 24.3 Å². The Kier molecular flexibility index (Phi) is 5.72. The molecule has 0 N–H and O–H groups in total. The van der Waals surface area contributed by atoms with Crippen LogP contribution < -0.4 is 0 Å². The standard InChI is InChI=1S/C23H19FN2O3S/c24-17-9-7-16(8-10-17)22(28)25-11-13-26(14-12-25)23(29)19-5-2-1-4-18(19)21(27)20-6-3-15-30-20/h1-10,15H,11-14H2. The Labute approximate surface area is 177 Å². The number of hydrogen-bond acceptors (Lipinski definition) is 4. The number of benzene rings is 2. The maximum absolute atomic E-state index is 13.1. The molecule has 0 spiro atoms. The van der Waals surface area contributed by atoms with E-state index in [0.717, 1.165) is 0 Å². The molecule has 1 aromatic heterocycles. The number of rotatable bonds is 4. The summed E-state index contributed by atoms with van der Waals surface area (Å²) in [7, 11) is 0. The quantitative estimate of drug-likeness (QED) is 0.602. The van der Waals surface area contributed by atoms with Gasteiger partial charge in [0.25, 0.3) is 11.8 Å². The van der Waals surface area contributed by atoms with Gasteiger partial charge in [0.15, 0.2) is 0 Å². The van der Waals surface area contributed by atoms with E-state index in [1.54, 1.807) is 46.2 Å². The monoisotopic (exact) mass is 422 g/mol. The fourth-order valence-electron chi connectivity index (χ4n) is 3.47. The van der Waals surface area contributed by atoms with Crippen LogP contribution in [0.4, 0.5) is 4.39 Å². The van der Waals surface area contributed by atoms with Crippen LogP contribution in [-0.4, -0.2) is 53.6 Å². The van der Waals surface area contributed by atoms with E-state index in [-0.39, 0.29) is 17.6 Å². The van der Waals surface area contributed by atoms with Gasteiger partial charge in [-0.05, 0) is 41.8 Å². The number of amides is 2. The zero-order valence-electron chi connectivity index (χ0n) is 16.1. The second kappa shape index (κ2) is 8.59. The van der Waals surface area contributed by atoms with Crippen molar-refractivity contribution in [2.45, 2.75) is 0 Å². The van der Waals surface area contributed by atoms with Crippen LogP contribution in [0.3, 0.4) is 0 Å². The fraction of sp³-hybridized carbons (Fsp3) is 0.174. The van der Waals surface area contributed by atoms with Crippen LogP contribution in [0.15, 0.2) is 66.0 Å². The molecular formula is C23H19FN2O3S. The average Bonchev–Trinajstić information content (AvgIpc) is 3.33. The third-order valence-electron chi connectivity index (χ3n) is 5.09. The number of carbonyl (C=O) groups is 3. The molecule has 152 valence electrons. The third kappa shape index (κ3) is 4.02. The molecule has 7 heteroatoms. The molecule has 5 nitrogen and oxygen atoms in total. The Hall–Kier alpha value is -3.32. The molecule has 1 saturated heterocycles.